The van der Waals surface area contributed by atoms with Crippen molar-refractivity contribution >= 4 is 0 Å². The zero-order valence-corrected chi connectivity index (χ0v) is 12.2. The minimum atomic E-state index is -0.497. The summed E-state index contributed by atoms with van der Waals surface area (Å²) in [5.74, 6) is 2.15. The van der Waals surface area contributed by atoms with E-state index in [1.807, 2.05) is 20.8 Å². The van der Waals surface area contributed by atoms with Crippen molar-refractivity contribution in [1.82, 2.24) is 10.1 Å². The van der Waals surface area contributed by atoms with Crippen LogP contribution in [0.1, 0.15) is 64.1 Å². The van der Waals surface area contributed by atoms with Gasteiger partial charge in [-0.25, -0.2) is 0 Å². The summed E-state index contributed by atoms with van der Waals surface area (Å²) < 4.78 is 11.1. The summed E-state index contributed by atoms with van der Waals surface area (Å²) in [6.07, 6.45) is 4.73. The van der Waals surface area contributed by atoms with Crippen molar-refractivity contribution in [3.63, 3.8) is 0 Å². The van der Waals surface area contributed by atoms with Gasteiger partial charge in [-0.2, -0.15) is 4.98 Å². The van der Waals surface area contributed by atoms with Crippen LogP contribution in [0, 0.1) is 5.92 Å². The molecule has 2 rings (SSSR count). The molecule has 2 unspecified atom stereocenters. The Balaban J connectivity index is 2.15. The summed E-state index contributed by atoms with van der Waals surface area (Å²) in [5.41, 5.74) is 5.36. The molecule has 0 amide bonds. The van der Waals surface area contributed by atoms with Gasteiger partial charge in [-0.05, 0) is 46.1 Å². The van der Waals surface area contributed by atoms with E-state index in [4.69, 9.17) is 15.0 Å². The third-order valence-corrected chi connectivity index (χ3v) is 4.01. The first-order valence-corrected chi connectivity index (χ1v) is 7.26. The van der Waals surface area contributed by atoms with Gasteiger partial charge in [-0.1, -0.05) is 18.0 Å². The fourth-order valence-electron chi connectivity index (χ4n) is 2.87. The van der Waals surface area contributed by atoms with Gasteiger partial charge in [0.1, 0.15) is 5.60 Å². The summed E-state index contributed by atoms with van der Waals surface area (Å²) in [4.78, 5) is 4.56. The van der Waals surface area contributed by atoms with Gasteiger partial charge in [-0.15, -0.1) is 0 Å². The first-order valence-electron chi connectivity index (χ1n) is 7.26. The summed E-state index contributed by atoms with van der Waals surface area (Å²) in [5, 5.41) is 4.10. The molecule has 1 aliphatic rings. The highest BCUT2D eigenvalue weighted by Crippen LogP contribution is 2.37. The molecule has 108 valence electrons. The third-order valence-electron chi connectivity index (χ3n) is 4.01. The first kappa shape index (κ1) is 14.5. The van der Waals surface area contributed by atoms with Gasteiger partial charge >= 0.3 is 0 Å². The minimum absolute atomic E-state index is 0.317. The Morgan fingerprint density at radius 2 is 2.11 bits per heavy atom. The molecule has 1 aromatic heterocycles. The van der Waals surface area contributed by atoms with E-state index in [9.17, 15) is 0 Å². The molecule has 0 spiro atoms. The van der Waals surface area contributed by atoms with Crippen LogP contribution in [0.2, 0.25) is 0 Å². The van der Waals surface area contributed by atoms with E-state index in [-0.39, 0.29) is 0 Å². The van der Waals surface area contributed by atoms with Crippen LogP contribution < -0.4 is 5.73 Å². The van der Waals surface area contributed by atoms with Crippen LogP contribution >= 0.6 is 0 Å². The fraction of sp³-hybridized carbons (Fsp3) is 0.857. The van der Waals surface area contributed by atoms with Crippen LogP contribution in [0.3, 0.4) is 0 Å². The second kappa shape index (κ2) is 6.01. The van der Waals surface area contributed by atoms with Crippen molar-refractivity contribution in [2.45, 2.75) is 58.0 Å². The summed E-state index contributed by atoms with van der Waals surface area (Å²) in [6.45, 7) is 7.22. The van der Waals surface area contributed by atoms with E-state index in [0.717, 1.165) is 18.7 Å². The molecule has 0 radical (unpaired) electrons. The fourth-order valence-corrected chi connectivity index (χ4v) is 2.87. The first-order chi connectivity index (χ1) is 9.08. The monoisotopic (exact) mass is 267 g/mol. The van der Waals surface area contributed by atoms with Crippen molar-refractivity contribution in [3.8, 4) is 0 Å². The number of aromatic nitrogens is 2. The average molecular weight is 267 g/mol. The van der Waals surface area contributed by atoms with E-state index in [2.05, 4.69) is 10.1 Å². The van der Waals surface area contributed by atoms with Crippen LogP contribution in [0.25, 0.3) is 0 Å². The maximum Gasteiger partial charge on any atom is 0.230 e. The zero-order chi connectivity index (χ0) is 13.9. The Morgan fingerprint density at radius 1 is 1.37 bits per heavy atom. The molecule has 0 bridgehead atoms. The molecular weight excluding hydrogens is 242 g/mol. The highest BCUT2D eigenvalue weighted by Gasteiger charge is 2.33. The van der Waals surface area contributed by atoms with Gasteiger partial charge in [-0.3, -0.25) is 0 Å². The van der Waals surface area contributed by atoms with Gasteiger partial charge in [0.2, 0.25) is 11.7 Å². The molecule has 1 aromatic rings. The Hall–Kier alpha value is -0.940. The summed E-state index contributed by atoms with van der Waals surface area (Å²) in [7, 11) is 0. The second-order valence-electron chi connectivity index (χ2n) is 5.79. The highest BCUT2D eigenvalue weighted by molar-refractivity contribution is 5.03. The Labute approximate surface area is 114 Å². The van der Waals surface area contributed by atoms with Crippen molar-refractivity contribution in [1.29, 1.82) is 0 Å². The number of hydrogen-bond acceptors (Lipinski definition) is 5. The Bertz CT molecular complexity index is 403. The maximum atomic E-state index is 5.86. The molecule has 0 aromatic carbocycles. The number of ether oxygens (including phenoxy) is 1. The molecule has 0 aliphatic heterocycles. The molecule has 1 heterocycles. The average Bonchev–Trinajstić information content (AvgIpc) is 2.89. The van der Waals surface area contributed by atoms with Crippen molar-refractivity contribution in [2.24, 2.45) is 11.7 Å². The molecule has 1 saturated carbocycles. The predicted octanol–water partition coefficient (Wildman–Crippen LogP) is 2.57. The van der Waals surface area contributed by atoms with Crippen molar-refractivity contribution in [3.05, 3.63) is 11.7 Å². The van der Waals surface area contributed by atoms with E-state index >= 15 is 0 Å². The van der Waals surface area contributed by atoms with Crippen molar-refractivity contribution < 1.29 is 9.26 Å². The van der Waals surface area contributed by atoms with Crippen LogP contribution in [0.4, 0.5) is 0 Å². The molecule has 2 atom stereocenters. The number of rotatable bonds is 5. The van der Waals surface area contributed by atoms with Gasteiger partial charge in [0.15, 0.2) is 0 Å². The summed E-state index contributed by atoms with van der Waals surface area (Å²) in [6, 6.07) is 0. The Morgan fingerprint density at radius 3 is 2.79 bits per heavy atom. The van der Waals surface area contributed by atoms with Crippen LogP contribution in [-0.4, -0.2) is 23.3 Å². The molecular formula is C14H25N3O2. The minimum Gasteiger partial charge on any atom is -0.368 e. The lowest BCUT2D eigenvalue weighted by Crippen LogP contribution is -2.26. The second-order valence-corrected chi connectivity index (χ2v) is 5.79. The molecule has 5 heteroatoms. The van der Waals surface area contributed by atoms with Gasteiger partial charge in [0, 0.05) is 12.5 Å². The highest BCUT2D eigenvalue weighted by atomic mass is 16.5. The largest absolute Gasteiger partial charge is 0.368 e. The number of nitrogens with two attached hydrogens (primary N) is 1. The predicted molar refractivity (Wildman–Crippen MR) is 72.7 cm³/mol. The van der Waals surface area contributed by atoms with Gasteiger partial charge in [0.25, 0.3) is 0 Å². The quantitative estimate of drug-likeness (QED) is 0.887. The van der Waals surface area contributed by atoms with Gasteiger partial charge in [0.05, 0.1) is 0 Å². The zero-order valence-electron chi connectivity index (χ0n) is 12.2. The normalized spacial score (nSPS) is 24.6. The lowest BCUT2D eigenvalue weighted by Gasteiger charge is -2.27. The molecule has 1 aliphatic carbocycles. The smallest absolute Gasteiger partial charge is 0.230 e. The molecule has 2 N–H and O–H groups in total. The molecule has 1 fully saturated rings. The topological polar surface area (TPSA) is 74.2 Å². The molecule has 0 saturated heterocycles. The molecule has 19 heavy (non-hydrogen) atoms. The van der Waals surface area contributed by atoms with Crippen molar-refractivity contribution in [2.75, 3.05) is 13.2 Å². The van der Waals surface area contributed by atoms with E-state index in [0.29, 0.717) is 30.8 Å². The number of nitrogens with zero attached hydrogens (tertiary/aromatic N) is 2. The van der Waals surface area contributed by atoms with Crippen LogP contribution in [-0.2, 0) is 10.3 Å². The van der Waals surface area contributed by atoms with Crippen LogP contribution in [0.5, 0.6) is 0 Å². The third kappa shape index (κ3) is 3.15. The Kier molecular flexibility index (Phi) is 4.58. The van der Waals surface area contributed by atoms with E-state index in [1.165, 1.54) is 12.8 Å². The van der Waals surface area contributed by atoms with E-state index in [1.54, 1.807) is 0 Å². The maximum absolute atomic E-state index is 5.86. The lowest BCUT2D eigenvalue weighted by atomic mass is 9.79. The van der Waals surface area contributed by atoms with Gasteiger partial charge < -0.3 is 15.0 Å². The molecule has 5 nitrogen and oxygen atoms in total. The van der Waals surface area contributed by atoms with Crippen LogP contribution in [0.15, 0.2) is 4.52 Å². The standard InChI is InChI=1S/C14H25N3O2/c1-4-18-14(2,3)13-16-12(19-17-13)11-8-6-5-7-10(11)9-15/h10-11H,4-9,15H2,1-3H3. The summed E-state index contributed by atoms with van der Waals surface area (Å²) >= 11 is 0. The number of hydrogen-bond donors (Lipinski definition) is 1. The lowest BCUT2D eigenvalue weighted by molar-refractivity contribution is -0.0221. The van der Waals surface area contributed by atoms with E-state index < -0.39 is 5.60 Å². The SMILES string of the molecule is CCOC(C)(C)c1noc(C2CCCCC2CN)n1.